The van der Waals surface area contributed by atoms with Gasteiger partial charge < -0.3 is 15.1 Å². The monoisotopic (exact) mass is 271 g/mol. The summed E-state index contributed by atoms with van der Waals surface area (Å²) in [5.41, 5.74) is 0.391. The maximum absolute atomic E-state index is 3.62. The lowest BCUT2D eigenvalue weighted by molar-refractivity contribution is 0.174. The number of nitrogens with one attached hydrogen (secondary N) is 1. The Hall–Kier alpha value is -0.120. The Bertz CT molecular complexity index is 216. The van der Waals surface area contributed by atoms with E-state index in [9.17, 15) is 0 Å². The van der Waals surface area contributed by atoms with E-state index in [0.717, 1.165) is 19.0 Å². The molecule has 0 spiro atoms. The van der Waals surface area contributed by atoms with Crippen molar-refractivity contribution in [3.63, 3.8) is 0 Å². The van der Waals surface area contributed by atoms with Crippen LogP contribution in [0.4, 0.5) is 0 Å². The van der Waals surface area contributed by atoms with E-state index >= 15 is 0 Å². The van der Waals surface area contributed by atoms with Gasteiger partial charge in [0.15, 0.2) is 0 Å². The molecule has 0 saturated carbocycles. The zero-order valence-electron chi connectivity index (χ0n) is 14.4. The molecule has 19 heavy (non-hydrogen) atoms. The second kappa shape index (κ2) is 9.73. The first-order valence-electron chi connectivity index (χ1n) is 7.83. The third-order valence-corrected chi connectivity index (χ3v) is 3.75. The Balaban J connectivity index is 3.99. The largest absolute Gasteiger partial charge is 0.316 e. The van der Waals surface area contributed by atoms with E-state index in [1.165, 1.54) is 32.5 Å². The predicted octanol–water partition coefficient (Wildman–Crippen LogP) is 2.53. The zero-order valence-corrected chi connectivity index (χ0v) is 14.4. The molecule has 0 aliphatic rings. The molecule has 3 heteroatoms. The molecule has 3 nitrogen and oxygen atoms in total. The van der Waals surface area contributed by atoms with Crippen LogP contribution in [0.25, 0.3) is 0 Å². The predicted molar refractivity (Wildman–Crippen MR) is 86.8 cm³/mol. The van der Waals surface area contributed by atoms with Crippen LogP contribution in [0.3, 0.4) is 0 Å². The van der Waals surface area contributed by atoms with Gasteiger partial charge in [-0.3, -0.25) is 0 Å². The maximum atomic E-state index is 3.62. The summed E-state index contributed by atoms with van der Waals surface area (Å²) in [4.78, 5) is 4.75. The minimum absolute atomic E-state index is 0.391. The van der Waals surface area contributed by atoms with Gasteiger partial charge >= 0.3 is 0 Å². The average molecular weight is 271 g/mol. The van der Waals surface area contributed by atoms with Crippen molar-refractivity contribution in [3.05, 3.63) is 0 Å². The molecule has 1 unspecified atom stereocenters. The van der Waals surface area contributed by atoms with Gasteiger partial charge in [0.1, 0.15) is 0 Å². The van der Waals surface area contributed by atoms with Crippen molar-refractivity contribution in [1.82, 2.24) is 15.1 Å². The van der Waals surface area contributed by atoms with Crippen molar-refractivity contribution >= 4 is 0 Å². The Kier molecular flexibility index (Phi) is 9.67. The van der Waals surface area contributed by atoms with Crippen LogP contribution in [0.15, 0.2) is 0 Å². The first kappa shape index (κ1) is 18.9. The second-order valence-corrected chi connectivity index (χ2v) is 7.08. The molecule has 1 atom stereocenters. The summed E-state index contributed by atoms with van der Waals surface area (Å²) in [6.07, 6.45) is 2.48. The topological polar surface area (TPSA) is 18.5 Å². The summed E-state index contributed by atoms with van der Waals surface area (Å²) in [7, 11) is 6.55. The highest BCUT2D eigenvalue weighted by Crippen LogP contribution is 2.21. The minimum Gasteiger partial charge on any atom is -0.316 e. The summed E-state index contributed by atoms with van der Waals surface area (Å²) in [5.74, 6) is 0.735. The van der Waals surface area contributed by atoms with E-state index in [1.807, 2.05) is 0 Å². The van der Waals surface area contributed by atoms with Crippen molar-refractivity contribution in [2.75, 3.05) is 53.9 Å². The normalized spacial score (nSPS) is 15.5. The molecule has 0 bridgehead atoms. The van der Waals surface area contributed by atoms with Crippen molar-refractivity contribution in [3.8, 4) is 0 Å². The molecule has 0 radical (unpaired) electrons. The zero-order chi connectivity index (χ0) is 14.9. The summed E-state index contributed by atoms with van der Waals surface area (Å²) in [5, 5.41) is 3.62. The molecule has 0 saturated heterocycles. The molecular weight excluding hydrogens is 234 g/mol. The van der Waals surface area contributed by atoms with E-state index in [0.29, 0.717) is 5.41 Å². The van der Waals surface area contributed by atoms with Gasteiger partial charge in [0, 0.05) is 13.1 Å². The van der Waals surface area contributed by atoms with Gasteiger partial charge in [0.25, 0.3) is 0 Å². The van der Waals surface area contributed by atoms with E-state index in [1.54, 1.807) is 0 Å². The first-order valence-corrected chi connectivity index (χ1v) is 7.83. The molecule has 0 aromatic rings. The molecule has 0 heterocycles. The lowest BCUT2D eigenvalue weighted by Crippen LogP contribution is -2.42. The van der Waals surface area contributed by atoms with Gasteiger partial charge in [-0.1, -0.05) is 27.7 Å². The van der Waals surface area contributed by atoms with Crippen LogP contribution in [-0.2, 0) is 0 Å². The molecule has 1 N–H and O–H groups in total. The molecule has 0 fully saturated rings. The lowest BCUT2D eigenvalue weighted by Gasteiger charge is -2.34. The molecule has 116 valence electrons. The fourth-order valence-corrected chi connectivity index (χ4v) is 2.34. The lowest BCUT2D eigenvalue weighted by atomic mass is 9.86. The summed E-state index contributed by atoms with van der Waals surface area (Å²) in [6.45, 7) is 15.1. The number of hydrogen-bond donors (Lipinski definition) is 1. The highest BCUT2D eigenvalue weighted by molar-refractivity contribution is 4.79. The minimum atomic E-state index is 0.391. The third-order valence-electron chi connectivity index (χ3n) is 3.75. The van der Waals surface area contributed by atoms with Crippen molar-refractivity contribution in [2.45, 2.75) is 40.5 Å². The highest BCUT2D eigenvalue weighted by Gasteiger charge is 2.23. The van der Waals surface area contributed by atoms with Gasteiger partial charge in [-0.05, 0) is 65.0 Å². The van der Waals surface area contributed by atoms with Gasteiger partial charge in [-0.15, -0.1) is 0 Å². The Labute approximate surface area is 121 Å². The van der Waals surface area contributed by atoms with Crippen molar-refractivity contribution < 1.29 is 0 Å². The summed E-state index contributed by atoms with van der Waals surface area (Å²) >= 11 is 0. The molecule has 0 rings (SSSR count). The second-order valence-electron chi connectivity index (χ2n) is 7.08. The smallest absolute Gasteiger partial charge is 0.00443 e. The molecular formula is C16H37N3. The third kappa shape index (κ3) is 10.3. The standard InChI is InChI=1S/C16H37N3/c1-8-16(4,13-17-12-15(2)3)14-19(7)11-9-10-18(5)6/h15,17H,8-14H2,1-7H3. The highest BCUT2D eigenvalue weighted by atomic mass is 15.1. The van der Waals surface area contributed by atoms with Crippen LogP contribution in [0.2, 0.25) is 0 Å². The number of hydrogen-bond acceptors (Lipinski definition) is 3. The Morgan fingerprint density at radius 1 is 1.11 bits per heavy atom. The first-order chi connectivity index (χ1) is 8.79. The molecule has 0 aromatic heterocycles. The van der Waals surface area contributed by atoms with Crippen LogP contribution in [-0.4, -0.2) is 63.7 Å². The number of nitrogens with zero attached hydrogens (tertiary/aromatic N) is 2. The van der Waals surface area contributed by atoms with E-state index in [2.05, 4.69) is 64.0 Å². The van der Waals surface area contributed by atoms with Gasteiger partial charge in [0.2, 0.25) is 0 Å². The Morgan fingerprint density at radius 2 is 1.74 bits per heavy atom. The van der Waals surface area contributed by atoms with Crippen LogP contribution in [0.1, 0.15) is 40.5 Å². The van der Waals surface area contributed by atoms with Crippen LogP contribution in [0, 0.1) is 11.3 Å². The van der Waals surface area contributed by atoms with Crippen LogP contribution < -0.4 is 5.32 Å². The molecule has 0 amide bonds. The fourth-order valence-electron chi connectivity index (χ4n) is 2.34. The van der Waals surface area contributed by atoms with E-state index in [-0.39, 0.29) is 0 Å². The van der Waals surface area contributed by atoms with E-state index < -0.39 is 0 Å². The SMILES string of the molecule is CCC(C)(CNCC(C)C)CN(C)CCCN(C)C. The molecule has 0 aliphatic carbocycles. The maximum Gasteiger partial charge on any atom is 0.00443 e. The summed E-state index contributed by atoms with van der Waals surface area (Å²) in [6, 6.07) is 0. The van der Waals surface area contributed by atoms with Crippen LogP contribution >= 0.6 is 0 Å². The van der Waals surface area contributed by atoms with Gasteiger partial charge in [-0.2, -0.15) is 0 Å². The van der Waals surface area contributed by atoms with Gasteiger partial charge in [0.05, 0.1) is 0 Å². The average Bonchev–Trinajstić information content (AvgIpc) is 2.27. The molecule has 0 aliphatic heterocycles. The van der Waals surface area contributed by atoms with Crippen molar-refractivity contribution in [1.29, 1.82) is 0 Å². The summed E-state index contributed by atoms with van der Waals surface area (Å²) < 4.78 is 0. The van der Waals surface area contributed by atoms with Crippen molar-refractivity contribution in [2.24, 2.45) is 11.3 Å². The Morgan fingerprint density at radius 3 is 2.21 bits per heavy atom. The quantitative estimate of drug-likeness (QED) is 0.623. The van der Waals surface area contributed by atoms with Crippen LogP contribution in [0.5, 0.6) is 0 Å². The number of rotatable bonds is 11. The molecule has 0 aromatic carbocycles. The van der Waals surface area contributed by atoms with E-state index in [4.69, 9.17) is 0 Å². The van der Waals surface area contributed by atoms with Gasteiger partial charge in [-0.25, -0.2) is 0 Å². The fraction of sp³-hybridized carbons (Fsp3) is 1.00.